The molecule has 0 fully saturated rings. The lowest BCUT2D eigenvalue weighted by atomic mass is 10.1. The van der Waals surface area contributed by atoms with Crippen molar-refractivity contribution in [2.75, 3.05) is 19.5 Å². The second-order valence-corrected chi connectivity index (χ2v) is 7.31. The van der Waals surface area contributed by atoms with Crippen LogP contribution in [0.5, 0.6) is 11.6 Å². The maximum absolute atomic E-state index is 13.5. The van der Waals surface area contributed by atoms with Gasteiger partial charge in [-0.3, -0.25) is 5.32 Å². The third-order valence-corrected chi connectivity index (χ3v) is 5.06. The number of hydrogen-bond acceptors (Lipinski definition) is 7. The van der Waals surface area contributed by atoms with Gasteiger partial charge in [0, 0.05) is 17.7 Å². The van der Waals surface area contributed by atoms with Crippen molar-refractivity contribution in [3.8, 4) is 11.6 Å². The number of alkyl halides is 1. The van der Waals surface area contributed by atoms with E-state index in [-0.39, 0.29) is 17.3 Å². The van der Waals surface area contributed by atoms with Gasteiger partial charge in [-0.25, -0.2) is 22.3 Å². The number of urea groups is 1. The zero-order chi connectivity index (χ0) is 20.9. The molecule has 1 heterocycles. The summed E-state index contributed by atoms with van der Waals surface area (Å²) in [7, 11) is -1.63. The maximum atomic E-state index is 13.5. The van der Waals surface area contributed by atoms with E-state index in [1.54, 1.807) is 4.72 Å². The number of carbonyl (C=O) groups is 1. The Balaban J connectivity index is 2.25. The van der Waals surface area contributed by atoms with Crippen LogP contribution in [0.2, 0.25) is 0 Å². The molecule has 0 aliphatic carbocycles. The third-order valence-electron chi connectivity index (χ3n) is 3.65. The Bertz CT molecular complexity index is 929. The van der Waals surface area contributed by atoms with Gasteiger partial charge in [0.25, 0.3) is 10.0 Å². The molecule has 2 amide bonds. The number of aliphatic hydroxyl groups is 1. The van der Waals surface area contributed by atoms with Crippen LogP contribution in [-0.4, -0.2) is 44.9 Å². The number of carbonyl (C=O) groups excluding carboxylic acids is 1. The zero-order valence-corrected chi connectivity index (χ0v) is 16.2. The number of rotatable bonds is 7. The molecule has 3 N–H and O–H groups in total. The van der Waals surface area contributed by atoms with Crippen molar-refractivity contribution >= 4 is 21.9 Å². The number of halogens is 1. The van der Waals surface area contributed by atoms with E-state index in [1.807, 2.05) is 0 Å². The normalized spacial score (nSPS) is 13.3. The Morgan fingerprint density at radius 1 is 1.21 bits per heavy atom. The summed E-state index contributed by atoms with van der Waals surface area (Å²) in [5, 5.41) is 12.2. The number of benzene rings is 1. The molecular formula is C17H20FN3O6S. The van der Waals surface area contributed by atoms with Crippen molar-refractivity contribution < 1.29 is 32.2 Å². The SMILES string of the molecule is COc1cc(NC(=O)NS(=O)(=O)c2ccccc2C(O)C(C)F)nc(OC)c1. The Morgan fingerprint density at radius 2 is 1.89 bits per heavy atom. The summed E-state index contributed by atoms with van der Waals surface area (Å²) >= 11 is 0. The fraction of sp³-hybridized carbons (Fsp3) is 0.294. The van der Waals surface area contributed by atoms with E-state index < -0.39 is 33.2 Å². The minimum atomic E-state index is -4.40. The molecule has 0 aliphatic rings. The van der Waals surface area contributed by atoms with Crippen LogP contribution in [0.3, 0.4) is 0 Å². The van der Waals surface area contributed by atoms with Crippen molar-refractivity contribution in [3.63, 3.8) is 0 Å². The molecule has 9 nitrogen and oxygen atoms in total. The lowest BCUT2D eigenvalue weighted by Gasteiger charge is -2.17. The fourth-order valence-corrected chi connectivity index (χ4v) is 3.47. The summed E-state index contributed by atoms with van der Waals surface area (Å²) < 4.78 is 50.4. The standard InChI is InChI=1S/C17H20FN3O6S/c1-10(18)16(22)12-6-4-5-7-13(12)28(24,25)21-17(23)20-14-8-11(26-2)9-15(19-14)27-3/h4-10,16,22H,1-3H3,(H2,19,20,21,23). The minimum absolute atomic E-state index is 0.0189. The molecule has 0 bridgehead atoms. The number of aliphatic hydroxyl groups excluding tert-OH is 1. The van der Waals surface area contributed by atoms with Crippen molar-refractivity contribution in [3.05, 3.63) is 42.0 Å². The molecule has 28 heavy (non-hydrogen) atoms. The second kappa shape index (κ2) is 8.85. The summed E-state index contributed by atoms with van der Waals surface area (Å²) in [6.07, 6.45) is -3.38. The van der Waals surface area contributed by atoms with Crippen LogP contribution >= 0.6 is 0 Å². The van der Waals surface area contributed by atoms with E-state index >= 15 is 0 Å². The van der Waals surface area contributed by atoms with Crippen LogP contribution in [0.15, 0.2) is 41.3 Å². The Labute approximate surface area is 161 Å². The molecular weight excluding hydrogens is 393 g/mol. The van der Waals surface area contributed by atoms with Crippen LogP contribution in [0.25, 0.3) is 0 Å². The van der Waals surface area contributed by atoms with Crippen LogP contribution in [0.4, 0.5) is 15.0 Å². The number of anilines is 1. The number of aromatic nitrogens is 1. The topological polar surface area (TPSA) is 127 Å². The number of nitrogens with one attached hydrogen (secondary N) is 2. The van der Waals surface area contributed by atoms with Crippen molar-refractivity contribution in [2.24, 2.45) is 0 Å². The van der Waals surface area contributed by atoms with Gasteiger partial charge in [-0.1, -0.05) is 18.2 Å². The second-order valence-electron chi connectivity index (χ2n) is 5.65. The number of nitrogens with zero attached hydrogens (tertiary/aromatic N) is 1. The van der Waals surface area contributed by atoms with E-state index in [0.29, 0.717) is 5.75 Å². The first-order valence-corrected chi connectivity index (χ1v) is 9.51. The van der Waals surface area contributed by atoms with Gasteiger partial charge < -0.3 is 14.6 Å². The molecule has 1 aromatic heterocycles. The smallest absolute Gasteiger partial charge is 0.334 e. The highest BCUT2D eigenvalue weighted by Gasteiger charge is 2.27. The first-order valence-electron chi connectivity index (χ1n) is 8.03. The highest BCUT2D eigenvalue weighted by atomic mass is 32.2. The summed E-state index contributed by atoms with van der Waals surface area (Å²) in [6, 6.07) is 6.98. The number of sulfonamides is 1. The van der Waals surface area contributed by atoms with Gasteiger partial charge >= 0.3 is 6.03 Å². The lowest BCUT2D eigenvalue weighted by molar-refractivity contribution is 0.0859. The summed E-state index contributed by atoms with van der Waals surface area (Å²) in [5.74, 6) is 0.452. The number of amides is 2. The molecule has 1 aromatic carbocycles. The molecule has 0 saturated carbocycles. The summed E-state index contributed by atoms with van der Waals surface area (Å²) in [6.45, 7) is 1.09. The highest BCUT2D eigenvalue weighted by Crippen LogP contribution is 2.26. The van der Waals surface area contributed by atoms with E-state index in [1.165, 1.54) is 44.6 Å². The van der Waals surface area contributed by atoms with E-state index in [9.17, 15) is 22.7 Å². The van der Waals surface area contributed by atoms with Crippen molar-refractivity contribution in [1.29, 1.82) is 0 Å². The molecule has 2 rings (SSSR count). The summed E-state index contributed by atoms with van der Waals surface area (Å²) in [5.41, 5.74) is -0.168. The number of methoxy groups -OCH3 is 2. The third kappa shape index (κ3) is 5.08. The average molecular weight is 413 g/mol. The van der Waals surface area contributed by atoms with Gasteiger partial charge in [-0.15, -0.1) is 0 Å². The molecule has 2 atom stereocenters. The van der Waals surface area contributed by atoms with Gasteiger partial charge in [0.15, 0.2) is 0 Å². The van der Waals surface area contributed by atoms with Crippen LogP contribution in [0.1, 0.15) is 18.6 Å². The Kier molecular flexibility index (Phi) is 6.75. The van der Waals surface area contributed by atoms with E-state index in [4.69, 9.17) is 9.47 Å². The largest absolute Gasteiger partial charge is 0.496 e. The first kappa shape index (κ1) is 21.4. The fourth-order valence-electron chi connectivity index (χ4n) is 2.30. The van der Waals surface area contributed by atoms with Crippen LogP contribution in [-0.2, 0) is 10.0 Å². The highest BCUT2D eigenvalue weighted by molar-refractivity contribution is 7.90. The van der Waals surface area contributed by atoms with E-state index in [0.717, 1.165) is 13.0 Å². The molecule has 2 aromatic rings. The van der Waals surface area contributed by atoms with Gasteiger partial charge in [0.1, 0.15) is 23.8 Å². The van der Waals surface area contributed by atoms with Gasteiger partial charge in [0.05, 0.1) is 19.1 Å². The predicted molar refractivity (Wildman–Crippen MR) is 98.7 cm³/mol. The molecule has 0 aliphatic heterocycles. The van der Waals surface area contributed by atoms with Crippen LogP contribution in [0, 0.1) is 0 Å². The number of ether oxygens (including phenoxy) is 2. The number of pyridine rings is 1. The molecule has 0 spiro atoms. The number of hydrogen-bond donors (Lipinski definition) is 3. The molecule has 11 heteroatoms. The van der Waals surface area contributed by atoms with Crippen molar-refractivity contribution in [1.82, 2.24) is 9.71 Å². The average Bonchev–Trinajstić information content (AvgIpc) is 2.66. The Morgan fingerprint density at radius 3 is 2.50 bits per heavy atom. The molecule has 2 unspecified atom stereocenters. The minimum Gasteiger partial charge on any atom is -0.496 e. The van der Waals surface area contributed by atoms with Gasteiger partial charge in [-0.2, -0.15) is 4.98 Å². The quantitative estimate of drug-likeness (QED) is 0.634. The predicted octanol–water partition coefficient (Wildman–Crippen LogP) is 2.00. The molecule has 0 saturated heterocycles. The molecule has 152 valence electrons. The zero-order valence-electron chi connectivity index (χ0n) is 15.3. The maximum Gasteiger partial charge on any atom is 0.334 e. The van der Waals surface area contributed by atoms with Gasteiger partial charge in [0.2, 0.25) is 5.88 Å². The van der Waals surface area contributed by atoms with Gasteiger partial charge in [-0.05, 0) is 13.0 Å². The summed E-state index contributed by atoms with van der Waals surface area (Å²) in [4.78, 5) is 15.7. The lowest BCUT2D eigenvalue weighted by Crippen LogP contribution is -2.35. The Hall–Kier alpha value is -2.92. The van der Waals surface area contributed by atoms with Crippen LogP contribution < -0.4 is 19.5 Å². The van der Waals surface area contributed by atoms with Crippen molar-refractivity contribution in [2.45, 2.75) is 24.1 Å². The monoisotopic (exact) mass is 413 g/mol. The molecule has 0 radical (unpaired) electrons. The first-order chi connectivity index (χ1) is 13.2. The van der Waals surface area contributed by atoms with E-state index in [2.05, 4.69) is 10.3 Å².